The third-order valence-corrected chi connectivity index (χ3v) is 3.67. The molecule has 0 unspecified atom stereocenters. The Morgan fingerprint density at radius 3 is 2.44 bits per heavy atom. The second kappa shape index (κ2) is 5.36. The molecule has 94 valence electrons. The van der Waals surface area contributed by atoms with Crippen molar-refractivity contribution in [3.63, 3.8) is 0 Å². The number of hydrogen-bond acceptors (Lipinski definition) is 2. The molecule has 0 aliphatic carbocycles. The molecule has 0 aliphatic rings. The Hall–Kier alpha value is -1.61. The van der Waals surface area contributed by atoms with Gasteiger partial charge in [0, 0.05) is 12.1 Å². The van der Waals surface area contributed by atoms with Crippen LogP contribution >= 0.6 is 11.3 Å². The maximum atomic E-state index is 12.2. The predicted molar refractivity (Wildman–Crippen MR) is 76.1 cm³/mol. The fourth-order valence-electron chi connectivity index (χ4n) is 2.20. The van der Waals surface area contributed by atoms with Crippen LogP contribution in [0.15, 0.2) is 29.0 Å². The summed E-state index contributed by atoms with van der Waals surface area (Å²) in [6.07, 6.45) is 0. The van der Waals surface area contributed by atoms with Crippen LogP contribution in [0.25, 0.3) is 0 Å². The summed E-state index contributed by atoms with van der Waals surface area (Å²) in [5.41, 5.74) is 5.22. The molecule has 18 heavy (non-hydrogen) atoms. The minimum absolute atomic E-state index is 0.0104. The maximum absolute atomic E-state index is 12.2. The average Bonchev–Trinajstić information content (AvgIpc) is 2.77. The van der Waals surface area contributed by atoms with E-state index in [1.54, 1.807) is 11.3 Å². The molecule has 2 rings (SSSR count). The van der Waals surface area contributed by atoms with E-state index in [1.165, 1.54) is 5.56 Å². The monoisotopic (exact) mass is 259 g/mol. The van der Waals surface area contributed by atoms with Crippen molar-refractivity contribution in [1.29, 1.82) is 0 Å². The van der Waals surface area contributed by atoms with E-state index in [9.17, 15) is 4.79 Å². The molecule has 0 aliphatic heterocycles. The first-order chi connectivity index (χ1) is 8.58. The van der Waals surface area contributed by atoms with E-state index in [-0.39, 0.29) is 5.91 Å². The Labute approximate surface area is 112 Å². The van der Waals surface area contributed by atoms with Gasteiger partial charge in [-0.2, -0.15) is 11.3 Å². The first kappa shape index (κ1) is 12.8. The zero-order chi connectivity index (χ0) is 13.1. The highest BCUT2D eigenvalue weighted by Gasteiger charge is 2.12. The van der Waals surface area contributed by atoms with Gasteiger partial charge in [-0.3, -0.25) is 4.79 Å². The molecule has 0 saturated carbocycles. The molecule has 0 radical (unpaired) electrons. The Morgan fingerprint density at radius 1 is 1.22 bits per heavy atom. The van der Waals surface area contributed by atoms with Crippen LogP contribution in [0.4, 0.5) is 0 Å². The van der Waals surface area contributed by atoms with Crippen LogP contribution in [-0.2, 0) is 6.54 Å². The second-order valence-electron chi connectivity index (χ2n) is 4.59. The number of carbonyl (C=O) groups is 1. The fraction of sp³-hybridized carbons (Fsp3) is 0.267. The van der Waals surface area contributed by atoms with E-state index in [4.69, 9.17) is 0 Å². The van der Waals surface area contributed by atoms with Gasteiger partial charge >= 0.3 is 0 Å². The normalized spacial score (nSPS) is 10.4. The van der Waals surface area contributed by atoms with Crippen LogP contribution in [0, 0.1) is 20.8 Å². The number of benzene rings is 1. The van der Waals surface area contributed by atoms with Crippen molar-refractivity contribution in [3.8, 4) is 0 Å². The SMILES string of the molecule is Cc1cc(C)c(C(=O)NCc2ccsc2)c(C)c1. The Morgan fingerprint density at radius 2 is 1.89 bits per heavy atom. The van der Waals surface area contributed by atoms with Gasteiger partial charge in [0.2, 0.25) is 0 Å². The molecule has 0 fully saturated rings. The minimum atomic E-state index is 0.0104. The molecular weight excluding hydrogens is 242 g/mol. The van der Waals surface area contributed by atoms with E-state index in [1.807, 2.05) is 44.4 Å². The average molecular weight is 259 g/mol. The second-order valence-corrected chi connectivity index (χ2v) is 5.37. The zero-order valence-electron chi connectivity index (χ0n) is 10.9. The van der Waals surface area contributed by atoms with Gasteiger partial charge in [0.1, 0.15) is 0 Å². The first-order valence-corrected chi connectivity index (χ1v) is 6.89. The largest absolute Gasteiger partial charge is 0.348 e. The molecule has 1 heterocycles. The standard InChI is InChI=1S/C15H17NOS/c1-10-6-11(2)14(12(3)7-10)15(17)16-8-13-4-5-18-9-13/h4-7,9H,8H2,1-3H3,(H,16,17). The van der Waals surface area contributed by atoms with Gasteiger partial charge in [0.05, 0.1) is 0 Å². The molecule has 1 amide bonds. The van der Waals surface area contributed by atoms with Crippen molar-refractivity contribution in [1.82, 2.24) is 5.32 Å². The van der Waals surface area contributed by atoms with Gasteiger partial charge < -0.3 is 5.32 Å². The smallest absolute Gasteiger partial charge is 0.252 e. The predicted octanol–water partition coefficient (Wildman–Crippen LogP) is 3.60. The molecule has 1 aromatic heterocycles. The Balaban J connectivity index is 2.14. The molecule has 2 aromatic rings. The number of amides is 1. The van der Waals surface area contributed by atoms with Crippen LogP contribution in [-0.4, -0.2) is 5.91 Å². The van der Waals surface area contributed by atoms with Crippen molar-refractivity contribution < 1.29 is 4.79 Å². The van der Waals surface area contributed by atoms with Crippen LogP contribution in [0.5, 0.6) is 0 Å². The van der Waals surface area contributed by atoms with Crippen molar-refractivity contribution >= 4 is 17.2 Å². The summed E-state index contributed by atoms with van der Waals surface area (Å²) in [5.74, 6) is 0.0104. The van der Waals surface area contributed by atoms with Gasteiger partial charge in [-0.1, -0.05) is 17.7 Å². The number of carbonyl (C=O) groups excluding carboxylic acids is 1. The summed E-state index contributed by atoms with van der Waals surface area (Å²) in [6.45, 7) is 6.61. The van der Waals surface area contributed by atoms with E-state index in [0.29, 0.717) is 6.54 Å². The lowest BCUT2D eigenvalue weighted by molar-refractivity contribution is 0.0949. The van der Waals surface area contributed by atoms with Crippen LogP contribution in [0.3, 0.4) is 0 Å². The molecule has 0 saturated heterocycles. The third-order valence-electron chi connectivity index (χ3n) is 2.94. The third kappa shape index (κ3) is 2.79. The molecule has 1 aromatic carbocycles. The highest BCUT2D eigenvalue weighted by atomic mass is 32.1. The lowest BCUT2D eigenvalue weighted by Crippen LogP contribution is -2.24. The van der Waals surface area contributed by atoms with Gasteiger partial charge in [-0.05, 0) is 54.3 Å². The van der Waals surface area contributed by atoms with Crippen molar-refractivity contribution in [2.24, 2.45) is 0 Å². The van der Waals surface area contributed by atoms with Gasteiger partial charge in [0.15, 0.2) is 0 Å². The maximum Gasteiger partial charge on any atom is 0.252 e. The number of rotatable bonds is 3. The van der Waals surface area contributed by atoms with E-state index in [2.05, 4.69) is 10.7 Å². The molecule has 0 spiro atoms. The van der Waals surface area contributed by atoms with E-state index in [0.717, 1.165) is 22.3 Å². The summed E-state index contributed by atoms with van der Waals surface area (Å²) in [5, 5.41) is 7.04. The summed E-state index contributed by atoms with van der Waals surface area (Å²) in [4.78, 5) is 12.2. The van der Waals surface area contributed by atoms with Crippen molar-refractivity contribution in [2.75, 3.05) is 0 Å². The quantitative estimate of drug-likeness (QED) is 0.896. The molecule has 3 heteroatoms. The zero-order valence-corrected chi connectivity index (χ0v) is 11.7. The number of thiophene rings is 1. The lowest BCUT2D eigenvalue weighted by Gasteiger charge is -2.11. The van der Waals surface area contributed by atoms with Crippen molar-refractivity contribution in [3.05, 3.63) is 56.8 Å². The minimum Gasteiger partial charge on any atom is -0.348 e. The topological polar surface area (TPSA) is 29.1 Å². The summed E-state index contributed by atoms with van der Waals surface area (Å²) in [7, 11) is 0. The van der Waals surface area contributed by atoms with Crippen molar-refractivity contribution in [2.45, 2.75) is 27.3 Å². The fourth-order valence-corrected chi connectivity index (χ4v) is 2.87. The molecular formula is C15H17NOS. The highest BCUT2D eigenvalue weighted by Crippen LogP contribution is 2.16. The number of nitrogens with one attached hydrogen (secondary N) is 1. The Bertz CT molecular complexity index is 535. The number of aryl methyl sites for hydroxylation is 3. The van der Waals surface area contributed by atoms with Crippen LogP contribution in [0.1, 0.15) is 32.6 Å². The lowest BCUT2D eigenvalue weighted by atomic mass is 9.99. The molecule has 1 N–H and O–H groups in total. The van der Waals surface area contributed by atoms with Gasteiger partial charge in [-0.15, -0.1) is 0 Å². The van der Waals surface area contributed by atoms with Crippen LogP contribution in [0.2, 0.25) is 0 Å². The molecule has 2 nitrogen and oxygen atoms in total. The summed E-state index contributed by atoms with van der Waals surface area (Å²) in [6, 6.07) is 6.12. The Kier molecular flexibility index (Phi) is 3.82. The van der Waals surface area contributed by atoms with Crippen LogP contribution < -0.4 is 5.32 Å². The number of hydrogen-bond donors (Lipinski definition) is 1. The van der Waals surface area contributed by atoms with E-state index < -0.39 is 0 Å². The van der Waals surface area contributed by atoms with Gasteiger partial charge in [-0.25, -0.2) is 0 Å². The van der Waals surface area contributed by atoms with E-state index >= 15 is 0 Å². The first-order valence-electron chi connectivity index (χ1n) is 5.95. The highest BCUT2D eigenvalue weighted by molar-refractivity contribution is 7.07. The summed E-state index contributed by atoms with van der Waals surface area (Å²) >= 11 is 1.64. The molecule has 0 bridgehead atoms. The summed E-state index contributed by atoms with van der Waals surface area (Å²) < 4.78 is 0. The molecule has 0 atom stereocenters. The van der Waals surface area contributed by atoms with Gasteiger partial charge in [0.25, 0.3) is 5.91 Å².